The first-order chi connectivity index (χ1) is 5.01. The molecule has 0 bridgehead atoms. The van der Waals surface area contributed by atoms with Crippen molar-refractivity contribution in [3.8, 4) is 0 Å². The van der Waals surface area contributed by atoms with Crippen molar-refractivity contribution in [2.45, 2.75) is 20.8 Å². The molecule has 0 heterocycles. The third kappa shape index (κ3) is 1.06. The van der Waals surface area contributed by atoms with Crippen molar-refractivity contribution in [2.75, 3.05) is 6.61 Å². The van der Waals surface area contributed by atoms with E-state index in [2.05, 4.69) is 0 Å². The molecule has 0 atom stereocenters. The molecule has 0 spiro atoms. The quantitative estimate of drug-likeness (QED) is 0.641. The molecule has 1 aliphatic rings. The highest BCUT2D eigenvalue weighted by Crippen LogP contribution is 2.44. The number of hydrogen-bond acceptors (Lipinski definition) is 2. The van der Waals surface area contributed by atoms with Crippen molar-refractivity contribution in [1.82, 2.24) is 0 Å². The fraction of sp³-hybridized carbons (Fsp3) is 0.625. The topological polar surface area (TPSA) is 26.3 Å². The Kier molecular flexibility index (Phi) is 1.97. The molecule has 11 heavy (non-hydrogen) atoms. The van der Waals surface area contributed by atoms with Gasteiger partial charge < -0.3 is 4.74 Å². The monoisotopic (exact) mass is 174 g/mol. The lowest BCUT2D eigenvalue weighted by molar-refractivity contribution is -0.126. The van der Waals surface area contributed by atoms with Crippen LogP contribution in [-0.4, -0.2) is 12.4 Å². The first kappa shape index (κ1) is 8.60. The number of hydrogen-bond donors (Lipinski definition) is 0. The second-order valence-electron chi connectivity index (χ2n) is 3.03. The van der Waals surface area contributed by atoms with Crippen molar-refractivity contribution in [1.29, 1.82) is 0 Å². The number of ketones is 1. The Morgan fingerprint density at radius 2 is 2.09 bits per heavy atom. The van der Waals surface area contributed by atoms with Crippen molar-refractivity contribution in [3.05, 3.63) is 10.8 Å². The molecule has 0 unspecified atom stereocenters. The highest BCUT2D eigenvalue weighted by atomic mass is 35.5. The Bertz CT molecular complexity index is 228. The molecule has 62 valence electrons. The lowest BCUT2D eigenvalue weighted by Crippen LogP contribution is -2.38. The molecule has 2 nitrogen and oxygen atoms in total. The zero-order valence-corrected chi connectivity index (χ0v) is 7.66. The second kappa shape index (κ2) is 2.52. The number of carbonyl (C=O) groups excluding carboxylic acids is 1. The Morgan fingerprint density at radius 1 is 1.55 bits per heavy atom. The van der Waals surface area contributed by atoms with E-state index in [4.69, 9.17) is 16.3 Å². The van der Waals surface area contributed by atoms with Gasteiger partial charge >= 0.3 is 0 Å². The molecule has 0 aromatic carbocycles. The van der Waals surface area contributed by atoms with Crippen LogP contribution in [0.2, 0.25) is 0 Å². The van der Waals surface area contributed by atoms with Gasteiger partial charge in [-0.1, -0.05) is 11.6 Å². The molecule has 0 amide bonds. The van der Waals surface area contributed by atoms with Crippen LogP contribution in [0.1, 0.15) is 20.8 Å². The minimum absolute atomic E-state index is 0.0254. The Morgan fingerprint density at radius 3 is 2.45 bits per heavy atom. The van der Waals surface area contributed by atoms with Crippen molar-refractivity contribution in [2.24, 2.45) is 5.41 Å². The highest BCUT2D eigenvalue weighted by Gasteiger charge is 2.47. The molecule has 0 saturated heterocycles. The summed E-state index contributed by atoms with van der Waals surface area (Å²) < 4.78 is 5.20. The van der Waals surface area contributed by atoms with Gasteiger partial charge in [0.25, 0.3) is 0 Å². The predicted octanol–water partition coefficient (Wildman–Crippen LogP) is 2.08. The van der Waals surface area contributed by atoms with Gasteiger partial charge in [0.15, 0.2) is 5.78 Å². The fourth-order valence-electron chi connectivity index (χ4n) is 1.08. The molecule has 1 rings (SSSR count). The summed E-state index contributed by atoms with van der Waals surface area (Å²) in [5, 5.41) is 0.261. The number of Topliss-reactive ketones (excluding diaryl/α,β-unsaturated/α-hetero) is 1. The summed E-state index contributed by atoms with van der Waals surface area (Å²) in [4.78, 5) is 11.1. The van der Waals surface area contributed by atoms with Crippen LogP contribution in [0.25, 0.3) is 0 Å². The Labute approximate surface area is 71.2 Å². The number of halogens is 1. The van der Waals surface area contributed by atoms with Gasteiger partial charge in [-0.05, 0) is 20.8 Å². The number of rotatable bonds is 2. The Hall–Kier alpha value is -0.500. The Balaban J connectivity index is 2.87. The average molecular weight is 175 g/mol. The molecule has 0 aromatic heterocycles. The largest absolute Gasteiger partial charge is 0.495 e. The summed E-state index contributed by atoms with van der Waals surface area (Å²) in [6.07, 6.45) is 0. The number of ether oxygens (including phenoxy) is 1. The number of carbonyl (C=O) groups is 1. The van der Waals surface area contributed by atoms with E-state index in [-0.39, 0.29) is 10.8 Å². The van der Waals surface area contributed by atoms with Crippen LogP contribution < -0.4 is 0 Å². The van der Waals surface area contributed by atoms with Gasteiger partial charge in [0, 0.05) is 0 Å². The van der Waals surface area contributed by atoms with Gasteiger partial charge in [-0.15, -0.1) is 0 Å². The normalized spacial score (nSPS) is 21.6. The highest BCUT2D eigenvalue weighted by molar-refractivity contribution is 6.46. The molecule has 0 aliphatic heterocycles. The predicted molar refractivity (Wildman–Crippen MR) is 43.3 cm³/mol. The van der Waals surface area contributed by atoms with E-state index in [1.807, 2.05) is 20.8 Å². The van der Waals surface area contributed by atoms with Gasteiger partial charge in [-0.3, -0.25) is 4.79 Å². The van der Waals surface area contributed by atoms with Crippen molar-refractivity contribution < 1.29 is 9.53 Å². The molecule has 1 aliphatic carbocycles. The van der Waals surface area contributed by atoms with Gasteiger partial charge in [0.05, 0.1) is 12.0 Å². The lowest BCUT2D eigenvalue weighted by Gasteiger charge is -2.34. The summed E-state index contributed by atoms with van der Waals surface area (Å²) in [6, 6.07) is 0. The van der Waals surface area contributed by atoms with Crippen LogP contribution in [-0.2, 0) is 9.53 Å². The van der Waals surface area contributed by atoms with E-state index in [1.54, 1.807) is 0 Å². The van der Waals surface area contributed by atoms with Crippen molar-refractivity contribution >= 4 is 17.4 Å². The summed E-state index contributed by atoms with van der Waals surface area (Å²) in [5.74, 6) is 0.606. The van der Waals surface area contributed by atoms with Gasteiger partial charge in [0.1, 0.15) is 10.8 Å². The van der Waals surface area contributed by atoms with E-state index in [1.165, 1.54) is 0 Å². The van der Waals surface area contributed by atoms with Crippen LogP contribution in [0.4, 0.5) is 0 Å². The maximum absolute atomic E-state index is 11.1. The second-order valence-corrected chi connectivity index (χ2v) is 3.41. The minimum atomic E-state index is -0.493. The molecule has 0 radical (unpaired) electrons. The summed E-state index contributed by atoms with van der Waals surface area (Å²) >= 11 is 5.63. The minimum Gasteiger partial charge on any atom is -0.495 e. The third-order valence-corrected chi connectivity index (χ3v) is 2.17. The molecule has 3 heteroatoms. The van der Waals surface area contributed by atoms with Crippen LogP contribution in [0.3, 0.4) is 0 Å². The molecule has 0 fully saturated rings. The SMILES string of the molecule is CCOC1=C(Cl)C(=O)C1(C)C. The summed E-state index contributed by atoms with van der Waals surface area (Å²) in [7, 11) is 0. The summed E-state index contributed by atoms with van der Waals surface area (Å²) in [5.41, 5.74) is -0.493. The fourth-order valence-corrected chi connectivity index (χ4v) is 1.61. The first-order valence-electron chi connectivity index (χ1n) is 3.59. The van der Waals surface area contributed by atoms with Gasteiger partial charge in [-0.2, -0.15) is 0 Å². The maximum atomic E-state index is 11.1. The van der Waals surface area contributed by atoms with E-state index in [0.717, 1.165) is 0 Å². The van der Waals surface area contributed by atoms with E-state index in [0.29, 0.717) is 12.4 Å². The first-order valence-corrected chi connectivity index (χ1v) is 3.97. The smallest absolute Gasteiger partial charge is 0.190 e. The molecular formula is C8H11ClO2. The molecular weight excluding hydrogens is 164 g/mol. The van der Waals surface area contributed by atoms with Crippen molar-refractivity contribution in [3.63, 3.8) is 0 Å². The zero-order chi connectivity index (χ0) is 8.65. The van der Waals surface area contributed by atoms with Crippen LogP contribution in [0.5, 0.6) is 0 Å². The summed E-state index contributed by atoms with van der Waals surface area (Å²) in [6.45, 7) is 6.05. The molecule has 0 N–H and O–H groups in total. The van der Waals surface area contributed by atoms with Crippen LogP contribution in [0, 0.1) is 5.41 Å². The van der Waals surface area contributed by atoms with Crippen LogP contribution in [0.15, 0.2) is 10.8 Å². The third-order valence-electron chi connectivity index (χ3n) is 1.82. The van der Waals surface area contributed by atoms with Gasteiger partial charge in [-0.25, -0.2) is 0 Å². The standard InChI is InChI=1S/C8H11ClO2/c1-4-11-7-5(9)6(10)8(7,2)3/h4H2,1-3H3. The van der Waals surface area contributed by atoms with Gasteiger partial charge in [0.2, 0.25) is 0 Å². The van der Waals surface area contributed by atoms with Crippen LogP contribution >= 0.6 is 11.6 Å². The van der Waals surface area contributed by atoms with E-state index >= 15 is 0 Å². The molecule has 0 saturated carbocycles. The lowest BCUT2D eigenvalue weighted by atomic mass is 9.76. The zero-order valence-electron chi connectivity index (χ0n) is 6.90. The maximum Gasteiger partial charge on any atom is 0.190 e. The van der Waals surface area contributed by atoms with E-state index < -0.39 is 5.41 Å². The van der Waals surface area contributed by atoms with E-state index in [9.17, 15) is 4.79 Å². The average Bonchev–Trinajstić information content (AvgIpc) is 1.98. The molecule has 0 aromatic rings. The number of allylic oxidation sites excluding steroid dienone is 2.